The fourth-order valence-electron chi connectivity index (χ4n) is 1.39. The number of anilines is 1. The van der Waals surface area contributed by atoms with Gasteiger partial charge in [-0.2, -0.15) is 0 Å². The maximum Gasteiger partial charge on any atom is 0.307 e. The van der Waals surface area contributed by atoms with Gasteiger partial charge in [0.25, 0.3) is 0 Å². The molecule has 1 rings (SSSR count). The van der Waals surface area contributed by atoms with Crippen LogP contribution in [0.5, 0.6) is 0 Å². The van der Waals surface area contributed by atoms with E-state index in [0.717, 1.165) is 15.9 Å². The van der Waals surface area contributed by atoms with Gasteiger partial charge in [-0.15, -0.1) is 0 Å². The van der Waals surface area contributed by atoms with Crippen LogP contribution in [-0.2, 0) is 9.53 Å². The predicted molar refractivity (Wildman–Crippen MR) is 71.2 cm³/mol. The molecule has 0 aromatic carbocycles. The van der Waals surface area contributed by atoms with Crippen molar-refractivity contribution in [2.24, 2.45) is 0 Å². The van der Waals surface area contributed by atoms with Crippen LogP contribution in [0.1, 0.15) is 18.9 Å². The number of pyridine rings is 1. The average Bonchev–Trinajstić information content (AvgIpc) is 2.30. The van der Waals surface area contributed by atoms with Gasteiger partial charge in [-0.05, 0) is 41.4 Å². The smallest absolute Gasteiger partial charge is 0.307 e. The molecule has 5 heteroatoms. The number of aryl methyl sites for hydroxylation is 1. The number of hydrogen-bond acceptors (Lipinski definition) is 4. The summed E-state index contributed by atoms with van der Waals surface area (Å²) < 4.78 is 5.85. The zero-order chi connectivity index (χ0) is 12.8. The van der Waals surface area contributed by atoms with E-state index in [9.17, 15) is 4.79 Å². The number of esters is 1. The van der Waals surface area contributed by atoms with Crippen LogP contribution in [0.15, 0.2) is 16.7 Å². The molecule has 0 N–H and O–H groups in total. The molecule has 0 fully saturated rings. The Morgan fingerprint density at radius 3 is 2.94 bits per heavy atom. The summed E-state index contributed by atoms with van der Waals surface area (Å²) in [4.78, 5) is 17.5. The first-order valence-corrected chi connectivity index (χ1v) is 6.33. The van der Waals surface area contributed by atoms with Crippen molar-refractivity contribution in [1.29, 1.82) is 0 Å². The van der Waals surface area contributed by atoms with Crippen molar-refractivity contribution in [2.45, 2.75) is 20.3 Å². The summed E-state index contributed by atoms with van der Waals surface area (Å²) in [6, 6.07) is 1.94. The SMILES string of the molecule is CCOC(=O)CCN(C)c1nccc(C)c1Br. The number of hydrogen-bond donors (Lipinski definition) is 0. The molecule has 0 aliphatic carbocycles. The number of rotatable bonds is 5. The van der Waals surface area contributed by atoms with Gasteiger partial charge in [-0.3, -0.25) is 4.79 Å². The molecule has 0 saturated heterocycles. The molecular formula is C12H17BrN2O2. The van der Waals surface area contributed by atoms with E-state index in [4.69, 9.17) is 4.74 Å². The molecule has 1 aromatic rings. The Hall–Kier alpha value is -1.10. The summed E-state index contributed by atoms with van der Waals surface area (Å²) in [7, 11) is 1.91. The van der Waals surface area contributed by atoms with Crippen LogP contribution >= 0.6 is 15.9 Å². The van der Waals surface area contributed by atoms with Gasteiger partial charge in [-0.25, -0.2) is 4.98 Å². The lowest BCUT2D eigenvalue weighted by Crippen LogP contribution is -2.23. The molecule has 0 amide bonds. The molecule has 0 radical (unpaired) electrons. The lowest BCUT2D eigenvalue weighted by Gasteiger charge is -2.19. The summed E-state index contributed by atoms with van der Waals surface area (Å²) in [5.41, 5.74) is 1.12. The van der Waals surface area contributed by atoms with Crippen molar-refractivity contribution in [3.05, 3.63) is 22.3 Å². The lowest BCUT2D eigenvalue weighted by atomic mass is 10.3. The maximum atomic E-state index is 11.2. The molecule has 0 spiro atoms. The number of carbonyl (C=O) groups excluding carboxylic acids is 1. The van der Waals surface area contributed by atoms with E-state index in [1.54, 1.807) is 13.1 Å². The zero-order valence-corrected chi connectivity index (χ0v) is 12.0. The lowest BCUT2D eigenvalue weighted by molar-refractivity contribution is -0.142. The minimum atomic E-state index is -0.178. The van der Waals surface area contributed by atoms with Crippen LogP contribution in [0.4, 0.5) is 5.82 Å². The van der Waals surface area contributed by atoms with E-state index in [1.807, 2.05) is 24.9 Å². The first-order chi connectivity index (χ1) is 8.06. The van der Waals surface area contributed by atoms with Gasteiger partial charge in [0.05, 0.1) is 17.5 Å². The zero-order valence-electron chi connectivity index (χ0n) is 10.4. The molecular weight excluding hydrogens is 284 g/mol. The van der Waals surface area contributed by atoms with E-state index < -0.39 is 0 Å². The minimum absolute atomic E-state index is 0.178. The van der Waals surface area contributed by atoms with E-state index >= 15 is 0 Å². The number of ether oxygens (including phenoxy) is 1. The van der Waals surface area contributed by atoms with Crippen molar-refractivity contribution in [2.75, 3.05) is 25.1 Å². The Balaban J connectivity index is 2.61. The molecule has 1 aromatic heterocycles. The molecule has 0 aliphatic rings. The minimum Gasteiger partial charge on any atom is -0.466 e. The second kappa shape index (κ2) is 6.59. The normalized spacial score (nSPS) is 10.1. The summed E-state index contributed by atoms with van der Waals surface area (Å²) in [6.07, 6.45) is 2.13. The first kappa shape index (κ1) is 14.0. The van der Waals surface area contributed by atoms with Crippen molar-refractivity contribution < 1.29 is 9.53 Å². The van der Waals surface area contributed by atoms with Gasteiger partial charge in [0.2, 0.25) is 0 Å². The van der Waals surface area contributed by atoms with E-state index in [2.05, 4.69) is 20.9 Å². The average molecular weight is 301 g/mol. The molecule has 0 saturated carbocycles. The molecule has 1 heterocycles. The third-order valence-corrected chi connectivity index (χ3v) is 3.36. The Morgan fingerprint density at radius 1 is 1.59 bits per heavy atom. The fraction of sp³-hybridized carbons (Fsp3) is 0.500. The summed E-state index contributed by atoms with van der Waals surface area (Å²) in [5.74, 6) is 0.664. The van der Waals surface area contributed by atoms with E-state index in [0.29, 0.717) is 19.6 Å². The van der Waals surface area contributed by atoms with Crippen LogP contribution in [0.2, 0.25) is 0 Å². The Labute approximate surface area is 110 Å². The Bertz CT molecular complexity index is 396. The molecule has 94 valence electrons. The van der Waals surface area contributed by atoms with Crippen LogP contribution in [0.3, 0.4) is 0 Å². The third kappa shape index (κ3) is 4.00. The topological polar surface area (TPSA) is 42.4 Å². The second-order valence-electron chi connectivity index (χ2n) is 3.74. The number of nitrogens with zero attached hydrogens (tertiary/aromatic N) is 2. The van der Waals surface area contributed by atoms with Crippen molar-refractivity contribution >= 4 is 27.7 Å². The van der Waals surface area contributed by atoms with Crippen LogP contribution in [-0.4, -0.2) is 31.2 Å². The largest absolute Gasteiger partial charge is 0.466 e. The van der Waals surface area contributed by atoms with Gasteiger partial charge in [-0.1, -0.05) is 0 Å². The Kier molecular flexibility index (Phi) is 5.41. The molecule has 0 bridgehead atoms. The van der Waals surface area contributed by atoms with Gasteiger partial charge >= 0.3 is 5.97 Å². The third-order valence-electron chi connectivity index (χ3n) is 2.38. The van der Waals surface area contributed by atoms with Crippen LogP contribution in [0, 0.1) is 6.92 Å². The number of halogens is 1. The maximum absolute atomic E-state index is 11.2. The number of aromatic nitrogens is 1. The summed E-state index contributed by atoms with van der Waals surface area (Å²) in [6.45, 7) is 4.83. The summed E-state index contributed by atoms with van der Waals surface area (Å²) >= 11 is 3.50. The first-order valence-electron chi connectivity index (χ1n) is 5.54. The summed E-state index contributed by atoms with van der Waals surface area (Å²) in [5, 5.41) is 0. The molecule has 0 unspecified atom stereocenters. The highest BCUT2D eigenvalue weighted by Gasteiger charge is 2.11. The standard InChI is InChI=1S/C12H17BrN2O2/c1-4-17-10(16)6-8-15(3)12-11(13)9(2)5-7-14-12/h5,7H,4,6,8H2,1-3H3. The van der Waals surface area contributed by atoms with Gasteiger partial charge < -0.3 is 9.64 Å². The van der Waals surface area contributed by atoms with Gasteiger partial charge in [0, 0.05) is 19.8 Å². The van der Waals surface area contributed by atoms with Crippen LogP contribution in [0.25, 0.3) is 0 Å². The molecule has 0 atom stereocenters. The predicted octanol–water partition coefficient (Wildman–Crippen LogP) is 2.54. The highest BCUT2D eigenvalue weighted by atomic mass is 79.9. The highest BCUT2D eigenvalue weighted by Crippen LogP contribution is 2.25. The van der Waals surface area contributed by atoms with Crippen molar-refractivity contribution in [3.8, 4) is 0 Å². The Morgan fingerprint density at radius 2 is 2.29 bits per heavy atom. The monoisotopic (exact) mass is 300 g/mol. The molecule has 4 nitrogen and oxygen atoms in total. The van der Waals surface area contributed by atoms with E-state index in [-0.39, 0.29) is 5.97 Å². The van der Waals surface area contributed by atoms with Gasteiger partial charge in [0.15, 0.2) is 0 Å². The van der Waals surface area contributed by atoms with Crippen LogP contribution < -0.4 is 4.90 Å². The molecule has 0 aliphatic heterocycles. The fourth-order valence-corrected chi connectivity index (χ4v) is 1.93. The quantitative estimate of drug-likeness (QED) is 0.784. The molecule has 17 heavy (non-hydrogen) atoms. The van der Waals surface area contributed by atoms with E-state index in [1.165, 1.54) is 0 Å². The second-order valence-corrected chi connectivity index (χ2v) is 4.54. The van der Waals surface area contributed by atoms with Gasteiger partial charge in [0.1, 0.15) is 5.82 Å². The highest BCUT2D eigenvalue weighted by molar-refractivity contribution is 9.10. The number of carbonyl (C=O) groups is 1. The van der Waals surface area contributed by atoms with Crippen molar-refractivity contribution in [1.82, 2.24) is 4.98 Å². The van der Waals surface area contributed by atoms with Crippen molar-refractivity contribution in [3.63, 3.8) is 0 Å².